The maximum atomic E-state index is 11.1. The second kappa shape index (κ2) is 7.01. The van der Waals surface area contributed by atoms with Crippen LogP contribution in [-0.2, 0) is 9.53 Å². The van der Waals surface area contributed by atoms with Crippen LogP contribution >= 0.6 is 47.8 Å². The van der Waals surface area contributed by atoms with Gasteiger partial charge in [-0.1, -0.05) is 6.08 Å². The van der Waals surface area contributed by atoms with Crippen molar-refractivity contribution in [2.75, 3.05) is 6.61 Å². The quantitative estimate of drug-likeness (QED) is 0.315. The van der Waals surface area contributed by atoms with Crippen molar-refractivity contribution >= 4 is 53.8 Å². The molecule has 0 spiro atoms. The van der Waals surface area contributed by atoms with Crippen molar-refractivity contribution in [3.8, 4) is 0 Å². The van der Waals surface area contributed by atoms with Gasteiger partial charge >= 0.3 is 5.97 Å². The van der Waals surface area contributed by atoms with Crippen LogP contribution < -0.4 is 0 Å². The molecular formula is C8H11Br3O2. The van der Waals surface area contributed by atoms with Gasteiger partial charge in [0.1, 0.15) is 0 Å². The average Bonchev–Trinajstić information content (AvgIpc) is 2.02. The summed E-state index contributed by atoms with van der Waals surface area (Å²) in [6.45, 7) is 4.04. The number of allylic oxidation sites excluding steroid dienone is 1. The molecular weight excluding hydrogens is 368 g/mol. The Morgan fingerprint density at radius 1 is 1.38 bits per heavy atom. The average molecular weight is 379 g/mol. The molecule has 0 aromatic rings. The summed E-state index contributed by atoms with van der Waals surface area (Å²) < 4.78 is 4.00. The topological polar surface area (TPSA) is 26.3 Å². The van der Waals surface area contributed by atoms with Crippen LogP contribution in [0.25, 0.3) is 0 Å². The Balaban J connectivity index is 3.43. The molecule has 0 heterocycles. The first kappa shape index (κ1) is 13.7. The van der Waals surface area contributed by atoms with Crippen LogP contribution in [0.15, 0.2) is 12.7 Å². The number of ether oxygens (including phenoxy) is 1. The zero-order chi connectivity index (χ0) is 10.3. The SMILES string of the molecule is C=CCCCCOC(=O)C(Br)(Br)Br. The van der Waals surface area contributed by atoms with Crippen molar-refractivity contribution in [3.63, 3.8) is 0 Å². The van der Waals surface area contributed by atoms with Crippen LogP contribution in [0.4, 0.5) is 0 Å². The lowest BCUT2D eigenvalue weighted by molar-refractivity contribution is -0.141. The standard InChI is InChI=1S/C8H11Br3O2/c1-2-3-4-5-6-13-7(12)8(9,10)11/h2H,1,3-6H2. The molecule has 2 nitrogen and oxygen atoms in total. The summed E-state index contributed by atoms with van der Waals surface area (Å²) in [5, 5.41) is 0. The van der Waals surface area contributed by atoms with Gasteiger partial charge in [0.05, 0.1) is 6.61 Å². The molecule has 0 aromatic heterocycles. The van der Waals surface area contributed by atoms with E-state index in [0.29, 0.717) is 6.61 Å². The molecule has 0 saturated heterocycles. The van der Waals surface area contributed by atoms with E-state index in [0.717, 1.165) is 19.3 Å². The number of hydrogen-bond donors (Lipinski definition) is 0. The normalized spacial score (nSPS) is 11.0. The van der Waals surface area contributed by atoms with E-state index in [-0.39, 0.29) is 5.97 Å². The van der Waals surface area contributed by atoms with Gasteiger partial charge in [-0.3, -0.25) is 0 Å². The lowest BCUT2D eigenvalue weighted by Crippen LogP contribution is -2.20. The summed E-state index contributed by atoms with van der Waals surface area (Å²) in [6.07, 6.45) is 4.67. The van der Waals surface area contributed by atoms with Crippen LogP contribution in [0, 0.1) is 0 Å². The molecule has 0 amide bonds. The van der Waals surface area contributed by atoms with Crippen molar-refractivity contribution in [1.82, 2.24) is 0 Å². The predicted molar refractivity (Wildman–Crippen MR) is 64.5 cm³/mol. The number of hydrogen-bond acceptors (Lipinski definition) is 2. The predicted octanol–water partition coefficient (Wildman–Crippen LogP) is 3.72. The van der Waals surface area contributed by atoms with E-state index in [1.807, 2.05) is 6.08 Å². The number of carbonyl (C=O) groups excluding carboxylic acids is 1. The molecule has 0 aliphatic heterocycles. The highest BCUT2D eigenvalue weighted by Gasteiger charge is 2.30. The van der Waals surface area contributed by atoms with Crippen LogP contribution in [0.2, 0.25) is 0 Å². The zero-order valence-corrected chi connectivity index (χ0v) is 11.8. The van der Waals surface area contributed by atoms with Crippen molar-refractivity contribution in [1.29, 1.82) is 0 Å². The first-order valence-corrected chi connectivity index (χ1v) is 6.21. The molecule has 0 atom stereocenters. The Hall–Kier alpha value is 0.650. The third kappa shape index (κ3) is 7.70. The molecule has 0 rings (SSSR count). The van der Waals surface area contributed by atoms with Gasteiger partial charge in [-0.2, -0.15) is 0 Å². The smallest absolute Gasteiger partial charge is 0.344 e. The Labute approximate surface area is 103 Å². The summed E-state index contributed by atoms with van der Waals surface area (Å²) in [4.78, 5) is 11.1. The van der Waals surface area contributed by atoms with E-state index < -0.39 is 2.14 Å². The fourth-order valence-electron chi connectivity index (χ4n) is 0.637. The molecule has 0 saturated carbocycles. The number of unbranched alkanes of at least 4 members (excludes halogenated alkanes) is 2. The second-order valence-electron chi connectivity index (χ2n) is 2.42. The number of esters is 1. The Morgan fingerprint density at radius 3 is 2.46 bits per heavy atom. The molecule has 0 aromatic carbocycles. The van der Waals surface area contributed by atoms with Crippen LogP contribution in [0.5, 0.6) is 0 Å². The second-order valence-corrected chi connectivity index (χ2v) is 9.18. The Bertz CT molecular complexity index is 175. The van der Waals surface area contributed by atoms with Gasteiger partial charge in [0, 0.05) is 0 Å². The Morgan fingerprint density at radius 2 is 2.00 bits per heavy atom. The maximum absolute atomic E-state index is 11.1. The lowest BCUT2D eigenvalue weighted by atomic mass is 10.2. The number of rotatable bonds is 5. The summed E-state index contributed by atoms with van der Waals surface area (Å²) in [6, 6.07) is 0. The highest BCUT2D eigenvalue weighted by atomic mass is 80.0. The third-order valence-corrected chi connectivity index (χ3v) is 2.24. The van der Waals surface area contributed by atoms with Gasteiger partial charge in [0.25, 0.3) is 0 Å². The molecule has 0 fully saturated rings. The number of carbonyl (C=O) groups is 1. The van der Waals surface area contributed by atoms with Gasteiger partial charge in [-0.05, 0) is 67.1 Å². The molecule has 0 radical (unpaired) electrons. The first-order chi connectivity index (χ1) is 5.98. The van der Waals surface area contributed by atoms with Crippen molar-refractivity contribution in [3.05, 3.63) is 12.7 Å². The minimum absolute atomic E-state index is 0.369. The minimum Gasteiger partial charge on any atom is -0.463 e. The van der Waals surface area contributed by atoms with Gasteiger partial charge in [0.15, 0.2) is 0 Å². The highest BCUT2D eigenvalue weighted by Crippen LogP contribution is 2.34. The summed E-state index contributed by atoms with van der Waals surface area (Å²) >= 11 is 9.21. The lowest BCUT2D eigenvalue weighted by Gasteiger charge is -2.10. The van der Waals surface area contributed by atoms with Gasteiger partial charge in [0.2, 0.25) is 2.14 Å². The van der Waals surface area contributed by atoms with E-state index in [1.165, 1.54) is 0 Å². The van der Waals surface area contributed by atoms with E-state index in [2.05, 4.69) is 54.4 Å². The monoisotopic (exact) mass is 376 g/mol. The van der Waals surface area contributed by atoms with Gasteiger partial charge < -0.3 is 4.74 Å². The fraction of sp³-hybridized carbons (Fsp3) is 0.625. The molecule has 76 valence electrons. The first-order valence-electron chi connectivity index (χ1n) is 3.83. The largest absolute Gasteiger partial charge is 0.463 e. The Kier molecular flexibility index (Phi) is 7.36. The molecule has 0 aliphatic carbocycles. The molecule has 0 unspecified atom stereocenters. The number of halogens is 3. The van der Waals surface area contributed by atoms with E-state index in [1.54, 1.807) is 0 Å². The molecule has 13 heavy (non-hydrogen) atoms. The minimum atomic E-state index is -0.939. The van der Waals surface area contributed by atoms with E-state index in [9.17, 15) is 4.79 Å². The zero-order valence-electron chi connectivity index (χ0n) is 7.06. The van der Waals surface area contributed by atoms with Crippen LogP contribution in [0.1, 0.15) is 19.3 Å². The van der Waals surface area contributed by atoms with Crippen molar-refractivity contribution in [2.45, 2.75) is 21.4 Å². The number of alkyl halides is 3. The fourth-order valence-corrected chi connectivity index (χ4v) is 0.981. The maximum Gasteiger partial charge on any atom is 0.344 e. The van der Waals surface area contributed by atoms with Crippen molar-refractivity contribution < 1.29 is 9.53 Å². The van der Waals surface area contributed by atoms with E-state index >= 15 is 0 Å². The van der Waals surface area contributed by atoms with Crippen LogP contribution in [-0.4, -0.2) is 14.7 Å². The molecule has 0 aliphatic rings. The molecule has 0 N–H and O–H groups in total. The van der Waals surface area contributed by atoms with E-state index in [4.69, 9.17) is 4.74 Å². The summed E-state index contributed by atoms with van der Waals surface area (Å²) in [5.74, 6) is -0.369. The molecule has 5 heteroatoms. The summed E-state index contributed by atoms with van der Waals surface area (Å²) in [7, 11) is 0. The van der Waals surface area contributed by atoms with Gasteiger partial charge in [-0.15, -0.1) is 6.58 Å². The van der Waals surface area contributed by atoms with Crippen LogP contribution in [0.3, 0.4) is 0 Å². The van der Waals surface area contributed by atoms with Gasteiger partial charge in [-0.25, -0.2) is 4.79 Å². The molecule has 0 bridgehead atoms. The van der Waals surface area contributed by atoms with Crippen molar-refractivity contribution in [2.24, 2.45) is 0 Å². The highest BCUT2D eigenvalue weighted by molar-refractivity contribution is 9.40. The summed E-state index contributed by atoms with van der Waals surface area (Å²) in [5.41, 5.74) is 0. The third-order valence-electron chi connectivity index (χ3n) is 1.27.